The molecule has 1 amide bonds. The number of rotatable bonds is 4. The monoisotopic (exact) mass is 323 g/mol. The molecule has 0 atom stereocenters. The Balaban J connectivity index is 1.96. The van der Waals surface area contributed by atoms with Crippen LogP contribution >= 0.6 is 0 Å². The van der Waals surface area contributed by atoms with Gasteiger partial charge in [-0.05, 0) is 27.7 Å². The van der Waals surface area contributed by atoms with Crippen molar-refractivity contribution in [1.29, 1.82) is 0 Å². The molecule has 0 bridgehead atoms. The summed E-state index contributed by atoms with van der Waals surface area (Å²) in [5.41, 5.74) is -0.253. The summed E-state index contributed by atoms with van der Waals surface area (Å²) in [6.45, 7) is 8.00. The highest BCUT2D eigenvalue weighted by atomic mass is 16.7. The lowest BCUT2D eigenvalue weighted by Crippen LogP contribution is -2.41. The van der Waals surface area contributed by atoms with E-state index in [1.165, 1.54) is 13.3 Å². The Morgan fingerprint density at radius 1 is 1.30 bits per heavy atom. The van der Waals surface area contributed by atoms with Crippen LogP contribution in [0, 0.1) is 0 Å². The molecular formula is C14H22BN3O5. The van der Waals surface area contributed by atoms with E-state index in [0.29, 0.717) is 5.46 Å². The van der Waals surface area contributed by atoms with Crippen LogP contribution in [0.25, 0.3) is 0 Å². The van der Waals surface area contributed by atoms with Crippen LogP contribution in [0.3, 0.4) is 0 Å². The van der Waals surface area contributed by atoms with Crippen molar-refractivity contribution in [2.24, 2.45) is 0 Å². The van der Waals surface area contributed by atoms with E-state index in [0.717, 1.165) is 4.68 Å². The van der Waals surface area contributed by atoms with Gasteiger partial charge in [-0.1, -0.05) is 0 Å². The molecule has 1 aliphatic heterocycles. The van der Waals surface area contributed by atoms with Crippen molar-refractivity contribution in [1.82, 2.24) is 15.1 Å². The minimum Gasteiger partial charge on any atom is -0.469 e. The second-order valence-corrected chi connectivity index (χ2v) is 6.36. The second kappa shape index (κ2) is 6.33. The zero-order chi connectivity index (χ0) is 17.3. The largest absolute Gasteiger partial charge is 0.498 e. The van der Waals surface area contributed by atoms with Crippen molar-refractivity contribution in [2.45, 2.75) is 45.3 Å². The molecule has 0 aliphatic carbocycles. The van der Waals surface area contributed by atoms with Crippen LogP contribution in [0.1, 0.15) is 34.1 Å². The molecule has 0 unspecified atom stereocenters. The summed E-state index contributed by atoms with van der Waals surface area (Å²) in [5, 5.41) is 6.58. The number of esters is 1. The smallest absolute Gasteiger partial charge is 0.469 e. The summed E-state index contributed by atoms with van der Waals surface area (Å²) in [5.74, 6) is -0.385. The quantitative estimate of drug-likeness (QED) is 0.633. The highest BCUT2D eigenvalue weighted by Gasteiger charge is 2.52. The lowest BCUT2D eigenvalue weighted by molar-refractivity contribution is -0.140. The molecule has 2 rings (SSSR count). The molecular weight excluding hydrogens is 301 g/mol. The molecule has 0 radical (unpaired) electrons. The van der Waals surface area contributed by atoms with E-state index < -0.39 is 24.4 Å². The average molecular weight is 323 g/mol. The predicted octanol–water partition coefficient (Wildman–Crippen LogP) is 0.303. The molecule has 1 aliphatic rings. The van der Waals surface area contributed by atoms with Crippen LogP contribution < -0.4 is 10.8 Å². The number of nitrogens with one attached hydrogen (secondary N) is 1. The summed E-state index contributed by atoms with van der Waals surface area (Å²) in [6.07, 6.45) is 3.19. The summed E-state index contributed by atoms with van der Waals surface area (Å²) in [7, 11) is 0.728. The molecule has 2 heterocycles. The van der Waals surface area contributed by atoms with Crippen molar-refractivity contribution in [3.05, 3.63) is 12.4 Å². The molecule has 1 fully saturated rings. The Labute approximate surface area is 135 Å². The van der Waals surface area contributed by atoms with Gasteiger partial charge in [0.25, 0.3) is 0 Å². The first-order valence-corrected chi connectivity index (χ1v) is 7.41. The van der Waals surface area contributed by atoms with Gasteiger partial charge in [0, 0.05) is 24.4 Å². The van der Waals surface area contributed by atoms with E-state index in [1.54, 1.807) is 6.20 Å². The minimum atomic E-state index is -0.573. The maximum Gasteiger partial charge on any atom is 0.498 e. The SMILES string of the molecule is COC(=O)CCNC(=O)n1cc(B2OC(C)(C)C(C)(C)O2)cn1. The standard InChI is InChI=1S/C14H22BN3O5/c1-13(2)14(3,4)23-15(22-13)10-8-17-18(9-10)12(20)16-7-6-11(19)21-5/h8-9H,6-7H2,1-5H3,(H,16,20). The van der Waals surface area contributed by atoms with E-state index in [9.17, 15) is 9.59 Å². The van der Waals surface area contributed by atoms with Gasteiger partial charge in [-0.2, -0.15) is 9.78 Å². The number of hydrogen-bond donors (Lipinski definition) is 1. The van der Waals surface area contributed by atoms with Gasteiger partial charge in [0.1, 0.15) is 0 Å². The van der Waals surface area contributed by atoms with Crippen LogP contribution in [-0.4, -0.2) is 53.8 Å². The van der Waals surface area contributed by atoms with Crippen molar-refractivity contribution in [3.63, 3.8) is 0 Å². The molecule has 1 N–H and O–H groups in total. The van der Waals surface area contributed by atoms with Gasteiger partial charge < -0.3 is 19.4 Å². The van der Waals surface area contributed by atoms with Crippen molar-refractivity contribution < 1.29 is 23.6 Å². The first-order valence-electron chi connectivity index (χ1n) is 7.41. The van der Waals surface area contributed by atoms with Crippen molar-refractivity contribution in [2.75, 3.05) is 13.7 Å². The number of hydrogen-bond acceptors (Lipinski definition) is 6. The van der Waals surface area contributed by atoms with Gasteiger partial charge in [-0.25, -0.2) is 4.79 Å². The molecule has 0 aromatic carbocycles. The summed E-state index contributed by atoms with van der Waals surface area (Å²) < 4.78 is 17.5. The lowest BCUT2D eigenvalue weighted by Gasteiger charge is -2.32. The molecule has 1 aromatic rings. The fraction of sp³-hybridized carbons (Fsp3) is 0.643. The van der Waals surface area contributed by atoms with Gasteiger partial charge in [0.2, 0.25) is 0 Å². The molecule has 23 heavy (non-hydrogen) atoms. The highest BCUT2D eigenvalue weighted by molar-refractivity contribution is 6.62. The number of amides is 1. The van der Waals surface area contributed by atoms with Crippen molar-refractivity contribution >= 4 is 24.6 Å². The van der Waals surface area contributed by atoms with Crippen LogP contribution in [-0.2, 0) is 18.8 Å². The Morgan fingerprint density at radius 3 is 2.48 bits per heavy atom. The van der Waals surface area contributed by atoms with E-state index in [2.05, 4.69) is 15.2 Å². The third-order valence-electron chi connectivity index (χ3n) is 4.17. The van der Waals surface area contributed by atoms with E-state index in [4.69, 9.17) is 9.31 Å². The normalized spacial score (nSPS) is 18.7. The maximum absolute atomic E-state index is 12.0. The van der Waals surface area contributed by atoms with Crippen LogP contribution in [0.2, 0.25) is 0 Å². The zero-order valence-corrected chi connectivity index (χ0v) is 14.1. The molecule has 0 saturated carbocycles. The van der Waals surface area contributed by atoms with Crippen LogP contribution in [0.15, 0.2) is 12.4 Å². The summed E-state index contributed by atoms with van der Waals surface area (Å²) in [6, 6.07) is -0.434. The summed E-state index contributed by atoms with van der Waals surface area (Å²) >= 11 is 0. The fourth-order valence-electron chi connectivity index (χ4n) is 2.00. The number of carbonyl (C=O) groups excluding carboxylic acids is 2. The van der Waals surface area contributed by atoms with Gasteiger partial charge in [0.15, 0.2) is 0 Å². The predicted molar refractivity (Wildman–Crippen MR) is 83.4 cm³/mol. The van der Waals surface area contributed by atoms with Crippen LogP contribution in [0.4, 0.5) is 4.79 Å². The van der Waals surface area contributed by atoms with E-state index >= 15 is 0 Å². The van der Waals surface area contributed by atoms with E-state index in [-0.39, 0.29) is 18.9 Å². The average Bonchev–Trinajstić information content (AvgIpc) is 3.02. The topological polar surface area (TPSA) is 91.7 Å². The number of aromatic nitrogens is 2. The van der Waals surface area contributed by atoms with Crippen LogP contribution in [0.5, 0.6) is 0 Å². The Bertz CT molecular complexity index is 583. The second-order valence-electron chi connectivity index (χ2n) is 6.36. The number of ether oxygens (including phenoxy) is 1. The Hall–Kier alpha value is -1.87. The number of carbonyl (C=O) groups is 2. The molecule has 1 saturated heterocycles. The summed E-state index contributed by atoms with van der Waals surface area (Å²) in [4.78, 5) is 23.0. The first-order chi connectivity index (χ1) is 10.7. The van der Waals surface area contributed by atoms with Gasteiger partial charge in [-0.3, -0.25) is 4.79 Å². The number of methoxy groups -OCH3 is 1. The molecule has 9 heteroatoms. The molecule has 126 valence electrons. The van der Waals surface area contributed by atoms with Gasteiger partial charge in [0.05, 0.1) is 24.7 Å². The lowest BCUT2D eigenvalue weighted by atomic mass is 9.82. The van der Waals surface area contributed by atoms with Crippen molar-refractivity contribution in [3.8, 4) is 0 Å². The third kappa shape index (κ3) is 3.73. The first kappa shape index (κ1) is 17.5. The van der Waals surface area contributed by atoms with Gasteiger partial charge in [-0.15, -0.1) is 0 Å². The molecule has 8 nitrogen and oxygen atoms in total. The van der Waals surface area contributed by atoms with E-state index in [1.807, 2.05) is 27.7 Å². The minimum absolute atomic E-state index is 0.105. The Morgan fingerprint density at radius 2 is 1.91 bits per heavy atom. The Kier molecular flexibility index (Phi) is 4.81. The van der Waals surface area contributed by atoms with Gasteiger partial charge >= 0.3 is 19.1 Å². The number of nitrogens with zero attached hydrogens (tertiary/aromatic N) is 2. The molecule has 0 spiro atoms. The fourth-order valence-corrected chi connectivity index (χ4v) is 2.00. The maximum atomic E-state index is 12.0. The third-order valence-corrected chi connectivity index (χ3v) is 4.17. The molecule has 1 aromatic heterocycles. The zero-order valence-electron chi connectivity index (χ0n) is 14.1. The highest BCUT2D eigenvalue weighted by Crippen LogP contribution is 2.36.